The van der Waals surface area contributed by atoms with Crippen molar-refractivity contribution in [3.8, 4) is 11.3 Å². The lowest BCUT2D eigenvalue weighted by Gasteiger charge is -2.34. The van der Waals surface area contributed by atoms with E-state index in [9.17, 15) is 13.2 Å². The molecule has 0 aliphatic carbocycles. The summed E-state index contributed by atoms with van der Waals surface area (Å²) in [4.78, 5) is 20.4. The van der Waals surface area contributed by atoms with E-state index in [1.165, 1.54) is 11.4 Å². The Morgan fingerprint density at radius 1 is 1.15 bits per heavy atom. The minimum absolute atomic E-state index is 0.281. The van der Waals surface area contributed by atoms with E-state index in [1.807, 2.05) is 10.5 Å². The number of rotatable bonds is 6. The maximum Gasteiger partial charge on any atom is 0.248 e. The van der Waals surface area contributed by atoms with E-state index in [1.54, 1.807) is 35.4 Å². The Morgan fingerprint density at radius 3 is 2.47 bits per heavy atom. The fraction of sp³-hybridized carbons (Fsp3) is 0.364. The van der Waals surface area contributed by atoms with Crippen LogP contribution in [0, 0.1) is 0 Å². The van der Waals surface area contributed by atoms with Gasteiger partial charge in [-0.1, -0.05) is 23.2 Å². The SMILES string of the molecule is CN(c1ccc2nc(-c3ccc(Cl)cc3Cl)c(CN3CCN(C(=O)CO)CC3)n2c1)S(C)(=O)=O. The summed E-state index contributed by atoms with van der Waals surface area (Å²) in [7, 11) is -1.94. The molecular weight excluding hydrogens is 501 g/mol. The summed E-state index contributed by atoms with van der Waals surface area (Å²) in [6, 6.07) is 8.70. The number of piperazine rings is 1. The first-order chi connectivity index (χ1) is 16.1. The minimum Gasteiger partial charge on any atom is -0.387 e. The number of anilines is 1. The summed E-state index contributed by atoms with van der Waals surface area (Å²) in [6.07, 6.45) is 2.90. The van der Waals surface area contributed by atoms with Gasteiger partial charge >= 0.3 is 0 Å². The second-order valence-corrected chi connectivity index (χ2v) is 11.0. The number of imidazole rings is 1. The van der Waals surface area contributed by atoms with Crippen molar-refractivity contribution in [3.05, 3.63) is 52.3 Å². The number of carbonyl (C=O) groups is 1. The highest BCUT2D eigenvalue weighted by Crippen LogP contribution is 2.34. The first-order valence-corrected chi connectivity index (χ1v) is 13.2. The topological polar surface area (TPSA) is 98.5 Å². The molecule has 1 aliphatic heterocycles. The number of aromatic nitrogens is 2. The number of benzene rings is 1. The molecule has 1 aliphatic rings. The van der Waals surface area contributed by atoms with Gasteiger partial charge in [-0.15, -0.1) is 0 Å². The fourth-order valence-corrected chi connectivity index (χ4v) is 4.96. The van der Waals surface area contributed by atoms with Crippen LogP contribution in [0.15, 0.2) is 36.5 Å². The zero-order valence-electron chi connectivity index (χ0n) is 18.8. The number of hydrogen-bond donors (Lipinski definition) is 1. The second-order valence-electron chi connectivity index (χ2n) is 8.19. The first kappa shape index (κ1) is 24.7. The van der Waals surface area contributed by atoms with Crippen LogP contribution >= 0.6 is 23.2 Å². The molecule has 1 N–H and O–H groups in total. The molecule has 1 fully saturated rings. The number of amides is 1. The van der Waals surface area contributed by atoms with Crippen LogP contribution in [-0.2, 0) is 21.4 Å². The Kier molecular flexibility index (Phi) is 7.07. The van der Waals surface area contributed by atoms with Gasteiger partial charge in [0.15, 0.2) is 0 Å². The number of halogens is 2. The van der Waals surface area contributed by atoms with Crippen molar-refractivity contribution in [2.24, 2.45) is 0 Å². The van der Waals surface area contributed by atoms with Crippen molar-refractivity contribution in [3.63, 3.8) is 0 Å². The lowest BCUT2D eigenvalue weighted by molar-refractivity contribution is -0.136. The van der Waals surface area contributed by atoms with Gasteiger partial charge in [-0.2, -0.15) is 0 Å². The van der Waals surface area contributed by atoms with E-state index in [4.69, 9.17) is 33.3 Å². The van der Waals surface area contributed by atoms with Crippen molar-refractivity contribution in [2.75, 3.05) is 50.4 Å². The molecule has 0 spiro atoms. The van der Waals surface area contributed by atoms with Gasteiger partial charge in [-0.25, -0.2) is 13.4 Å². The minimum atomic E-state index is -3.44. The standard InChI is InChI=1S/C22H25Cl2N5O4S/c1-26(34(2,32)33)16-4-6-20-25-22(17-5-3-15(23)11-18(17)24)19(29(20)12-16)13-27-7-9-28(10-8-27)21(31)14-30/h3-6,11-12,30H,7-10,13-14H2,1-2H3. The van der Waals surface area contributed by atoms with Crippen LogP contribution in [0.1, 0.15) is 5.69 Å². The van der Waals surface area contributed by atoms with Crippen LogP contribution in [0.4, 0.5) is 5.69 Å². The average Bonchev–Trinajstić information content (AvgIpc) is 3.15. The Hall–Kier alpha value is -2.37. The van der Waals surface area contributed by atoms with Crippen LogP contribution < -0.4 is 4.31 Å². The third-order valence-electron chi connectivity index (χ3n) is 5.98. The Balaban J connectivity index is 1.77. The molecule has 0 bridgehead atoms. The average molecular weight is 526 g/mol. The summed E-state index contributed by atoms with van der Waals surface area (Å²) in [5.74, 6) is -0.281. The zero-order chi connectivity index (χ0) is 24.6. The smallest absolute Gasteiger partial charge is 0.248 e. The summed E-state index contributed by atoms with van der Waals surface area (Å²) in [6.45, 7) is 2.27. The Morgan fingerprint density at radius 2 is 1.85 bits per heavy atom. The number of aliphatic hydroxyl groups excluding tert-OH is 1. The third kappa shape index (κ3) is 5.01. The lowest BCUT2D eigenvalue weighted by Crippen LogP contribution is -2.49. The summed E-state index contributed by atoms with van der Waals surface area (Å²) in [5.41, 5.74) is 3.38. The molecule has 1 aromatic carbocycles. The van der Waals surface area contributed by atoms with Crippen LogP contribution in [0.5, 0.6) is 0 Å². The fourth-order valence-electron chi connectivity index (χ4n) is 3.98. The highest BCUT2D eigenvalue weighted by Gasteiger charge is 2.24. The highest BCUT2D eigenvalue weighted by molar-refractivity contribution is 7.92. The van der Waals surface area contributed by atoms with Gasteiger partial charge in [-0.3, -0.25) is 18.4 Å². The number of hydrogen-bond acceptors (Lipinski definition) is 6. The molecule has 1 amide bonds. The summed E-state index contributed by atoms with van der Waals surface area (Å²) in [5, 5.41) is 10.1. The van der Waals surface area contributed by atoms with Gasteiger partial charge in [0, 0.05) is 56.6 Å². The third-order valence-corrected chi connectivity index (χ3v) is 7.74. The molecule has 9 nitrogen and oxygen atoms in total. The zero-order valence-corrected chi connectivity index (χ0v) is 21.1. The van der Waals surface area contributed by atoms with E-state index >= 15 is 0 Å². The molecule has 3 heterocycles. The molecule has 34 heavy (non-hydrogen) atoms. The quantitative estimate of drug-likeness (QED) is 0.530. The number of aliphatic hydroxyl groups is 1. The van der Waals surface area contributed by atoms with Crippen molar-refractivity contribution < 1.29 is 18.3 Å². The summed E-state index contributed by atoms with van der Waals surface area (Å²) >= 11 is 12.6. The number of fused-ring (bicyclic) bond motifs is 1. The molecule has 0 radical (unpaired) electrons. The highest BCUT2D eigenvalue weighted by atomic mass is 35.5. The van der Waals surface area contributed by atoms with E-state index in [-0.39, 0.29) is 5.91 Å². The predicted octanol–water partition coefficient (Wildman–Crippen LogP) is 2.34. The predicted molar refractivity (Wildman–Crippen MR) is 133 cm³/mol. The van der Waals surface area contributed by atoms with Crippen molar-refractivity contribution in [1.82, 2.24) is 19.2 Å². The van der Waals surface area contributed by atoms with Gasteiger partial charge in [0.2, 0.25) is 15.9 Å². The molecule has 3 aromatic rings. The van der Waals surface area contributed by atoms with Gasteiger partial charge in [0.05, 0.1) is 28.4 Å². The van der Waals surface area contributed by atoms with Gasteiger partial charge < -0.3 is 10.0 Å². The van der Waals surface area contributed by atoms with E-state index in [0.29, 0.717) is 59.8 Å². The molecule has 182 valence electrons. The monoisotopic (exact) mass is 525 g/mol. The van der Waals surface area contributed by atoms with Crippen molar-refractivity contribution in [1.29, 1.82) is 0 Å². The Bertz CT molecular complexity index is 1340. The van der Waals surface area contributed by atoms with Crippen LogP contribution in [-0.4, -0.2) is 84.7 Å². The first-order valence-electron chi connectivity index (χ1n) is 10.6. The number of carbonyl (C=O) groups excluding carboxylic acids is 1. The van der Waals surface area contributed by atoms with Crippen LogP contribution in [0.3, 0.4) is 0 Å². The van der Waals surface area contributed by atoms with Gasteiger partial charge in [0.1, 0.15) is 12.3 Å². The molecule has 2 aromatic heterocycles. The number of sulfonamides is 1. The Labute approximate surface area is 208 Å². The summed E-state index contributed by atoms with van der Waals surface area (Å²) < 4.78 is 27.3. The van der Waals surface area contributed by atoms with Crippen LogP contribution in [0.2, 0.25) is 10.0 Å². The molecule has 4 rings (SSSR count). The number of nitrogens with zero attached hydrogens (tertiary/aromatic N) is 5. The van der Waals surface area contributed by atoms with E-state index < -0.39 is 16.6 Å². The normalized spacial score (nSPS) is 15.1. The lowest BCUT2D eigenvalue weighted by atomic mass is 10.1. The molecular formula is C22H25Cl2N5O4S. The second kappa shape index (κ2) is 9.71. The van der Waals surface area contributed by atoms with Crippen molar-refractivity contribution in [2.45, 2.75) is 6.54 Å². The van der Waals surface area contributed by atoms with Gasteiger partial charge in [-0.05, 0) is 30.3 Å². The maximum atomic E-state index is 12.1. The molecule has 1 saturated heterocycles. The van der Waals surface area contributed by atoms with E-state index in [0.717, 1.165) is 17.5 Å². The number of pyridine rings is 1. The molecule has 0 saturated carbocycles. The largest absolute Gasteiger partial charge is 0.387 e. The van der Waals surface area contributed by atoms with Gasteiger partial charge in [0.25, 0.3) is 0 Å². The molecule has 0 atom stereocenters. The van der Waals surface area contributed by atoms with Crippen molar-refractivity contribution >= 4 is 50.5 Å². The molecule has 12 heteroatoms. The van der Waals surface area contributed by atoms with Crippen LogP contribution in [0.25, 0.3) is 16.9 Å². The van der Waals surface area contributed by atoms with E-state index in [2.05, 4.69) is 4.90 Å². The molecule has 0 unspecified atom stereocenters. The maximum absolute atomic E-state index is 12.1.